The number of hydrogen-bond donors (Lipinski definition) is 1. The molecule has 0 fully saturated rings. The Kier molecular flexibility index (Phi) is 5.14. The van der Waals surface area contributed by atoms with E-state index in [1.54, 1.807) is 24.3 Å². The monoisotopic (exact) mass is 300 g/mol. The van der Waals surface area contributed by atoms with Gasteiger partial charge in [-0.3, -0.25) is 0 Å². The van der Waals surface area contributed by atoms with Gasteiger partial charge in [0, 0.05) is 0 Å². The first kappa shape index (κ1) is 15.6. The van der Waals surface area contributed by atoms with Gasteiger partial charge in [0.05, 0.1) is 17.7 Å². The number of carbonyl (C=O) groups excluding carboxylic acids is 1. The first-order valence-electron chi connectivity index (χ1n) is 6.88. The van der Waals surface area contributed by atoms with Crippen molar-refractivity contribution in [3.8, 4) is 11.5 Å². The summed E-state index contributed by atoms with van der Waals surface area (Å²) in [5.74, 6) is -0.656. The highest BCUT2D eigenvalue weighted by atomic mass is 16.5. The largest absolute Gasteiger partial charge is 0.494 e. The summed E-state index contributed by atoms with van der Waals surface area (Å²) in [6.45, 7) is 2.58. The highest BCUT2D eigenvalue weighted by Gasteiger charge is 2.10. The van der Waals surface area contributed by atoms with Crippen molar-refractivity contribution in [2.75, 3.05) is 6.61 Å². The van der Waals surface area contributed by atoms with Crippen LogP contribution in [0, 0.1) is 0 Å². The molecular formula is C17H16O5. The second-order valence-electron chi connectivity index (χ2n) is 4.60. The number of ether oxygens (including phenoxy) is 2. The van der Waals surface area contributed by atoms with Gasteiger partial charge >= 0.3 is 11.9 Å². The number of esters is 1. The van der Waals surface area contributed by atoms with E-state index >= 15 is 0 Å². The summed E-state index contributed by atoms with van der Waals surface area (Å²) in [5, 5.41) is 8.82. The Labute approximate surface area is 128 Å². The summed E-state index contributed by atoms with van der Waals surface area (Å²) < 4.78 is 10.7. The number of carboxylic acid groups (broad SMARTS) is 1. The number of aromatic carboxylic acids is 1. The lowest BCUT2D eigenvalue weighted by Gasteiger charge is -2.07. The summed E-state index contributed by atoms with van der Waals surface area (Å²) in [4.78, 5) is 22.8. The third-order valence-electron chi connectivity index (χ3n) is 2.85. The van der Waals surface area contributed by atoms with Gasteiger partial charge < -0.3 is 14.6 Å². The first-order chi connectivity index (χ1) is 10.6. The molecule has 0 aromatic heterocycles. The van der Waals surface area contributed by atoms with E-state index in [0.29, 0.717) is 17.9 Å². The molecule has 0 heterocycles. The van der Waals surface area contributed by atoms with Crippen LogP contribution in [0.2, 0.25) is 0 Å². The molecule has 0 aliphatic heterocycles. The molecule has 0 radical (unpaired) electrons. The maximum atomic E-state index is 12.1. The van der Waals surface area contributed by atoms with Crippen LogP contribution in [0.1, 0.15) is 34.1 Å². The average molecular weight is 300 g/mol. The Morgan fingerprint density at radius 3 is 2.36 bits per heavy atom. The Morgan fingerprint density at radius 2 is 1.73 bits per heavy atom. The predicted molar refractivity (Wildman–Crippen MR) is 80.6 cm³/mol. The third-order valence-corrected chi connectivity index (χ3v) is 2.85. The Balaban J connectivity index is 2.06. The molecule has 2 aromatic carbocycles. The van der Waals surface area contributed by atoms with Crippen LogP contribution >= 0.6 is 0 Å². The molecule has 22 heavy (non-hydrogen) atoms. The van der Waals surface area contributed by atoms with Crippen LogP contribution in [0.25, 0.3) is 0 Å². The van der Waals surface area contributed by atoms with Gasteiger partial charge in [-0.15, -0.1) is 0 Å². The molecule has 2 rings (SSSR count). The second kappa shape index (κ2) is 7.26. The molecule has 5 nitrogen and oxygen atoms in total. The highest BCUT2D eigenvalue weighted by molar-refractivity contribution is 5.92. The van der Waals surface area contributed by atoms with Crippen LogP contribution in [-0.4, -0.2) is 23.7 Å². The van der Waals surface area contributed by atoms with Gasteiger partial charge in [-0.05, 0) is 48.9 Å². The zero-order valence-corrected chi connectivity index (χ0v) is 12.1. The van der Waals surface area contributed by atoms with Crippen molar-refractivity contribution in [1.82, 2.24) is 0 Å². The van der Waals surface area contributed by atoms with Crippen molar-refractivity contribution in [1.29, 1.82) is 0 Å². The normalized spacial score (nSPS) is 10.0. The van der Waals surface area contributed by atoms with E-state index in [1.165, 1.54) is 24.3 Å². The van der Waals surface area contributed by atoms with Crippen LogP contribution in [0.15, 0.2) is 48.5 Å². The van der Waals surface area contributed by atoms with E-state index in [9.17, 15) is 9.59 Å². The molecule has 0 saturated heterocycles. The van der Waals surface area contributed by atoms with E-state index in [-0.39, 0.29) is 11.3 Å². The standard InChI is InChI=1S/C17H16O5/c1-2-10-21-15-5-3-4-13(11-15)17(20)22-14-8-6-12(7-9-14)16(18)19/h3-9,11H,2,10H2,1H3,(H,18,19). The van der Waals surface area contributed by atoms with Crippen molar-refractivity contribution >= 4 is 11.9 Å². The van der Waals surface area contributed by atoms with E-state index < -0.39 is 11.9 Å². The van der Waals surface area contributed by atoms with Crippen molar-refractivity contribution in [3.63, 3.8) is 0 Å². The molecule has 0 spiro atoms. The molecule has 0 aliphatic carbocycles. The summed E-state index contributed by atoms with van der Waals surface area (Å²) >= 11 is 0. The van der Waals surface area contributed by atoms with Gasteiger partial charge in [-0.2, -0.15) is 0 Å². The van der Waals surface area contributed by atoms with Gasteiger partial charge in [0.25, 0.3) is 0 Å². The molecule has 0 saturated carbocycles. The molecule has 2 aromatic rings. The van der Waals surface area contributed by atoms with Crippen molar-refractivity contribution in [2.45, 2.75) is 13.3 Å². The summed E-state index contributed by atoms with van der Waals surface area (Å²) in [6.07, 6.45) is 0.880. The maximum absolute atomic E-state index is 12.1. The van der Waals surface area contributed by atoms with Crippen LogP contribution in [-0.2, 0) is 0 Å². The molecule has 114 valence electrons. The Morgan fingerprint density at radius 1 is 1.00 bits per heavy atom. The number of rotatable bonds is 6. The Bertz CT molecular complexity index is 661. The fourth-order valence-corrected chi connectivity index (χ4v) is 1.76. The maximum Gasteiger partial charge on any atom is 0.343 e. The zero-order valence-electron chi connectivity index (χ0n) is 12.1. The van der Waals surface area contributed by atoms with E-state index in [1.807, 2.05) is 6.92 Å². The van der Waals surface area contributed by atoms with Crippen molar-refractivity contribution < 1.29 is 24.2 Å². The average Bonchev–Trinajstić information content (AvgIpc) is 2.53. The lowest BCUT2D eigenvalue weighted by atomic mass is 10.2. The SMILES string of the molecule is CCCOc1cccc(C(=O)Oc2ccc(C(=O)O)cc2)c1. The minimum absolute atomic E-state index is 0.134. The topological polar surface area (TPSA) is 72.8 Å². The minimum atomic E-state index is -1.03. The molecule has 0 amide bonds. The van der Waals surface area contributed by atoms with Gasteiger partial charge in [-0.1, -0.05) is 13.0 Å². The fraction of sp³-hybridized carbons (Fsp3) is 0.176. The minimum Gasteiger partial charge on any atom is -0.494 e. The van der Waals surface area contributed by atoms with E-state index in [4.69, 9.17) is 14.6 Å². The molecule has 1 N–H and O–H groups in total. The van der Waals surface area contributed by atoms with Gasteiger partial charge in [0.2, 0.25) is 0 Å². The van der Waals surface area contributed by atoms with Crippen molar-refractivity contribution in [2.24, 2.45) is 0 Å². The fourth-order valence-electron chi connectivity index (χ4n) is 1.76. The smallest absolute Gasteiger partial charge is 0.343 e. The van der Waals surface area contributed by atoms with E-state index in [0.717, 1.165) is 6.42 Å². The van der Waals surface area contributed by atoms with Crippen LogP contribution in [0.4, 0.5) is 0 Å². The third kappa shape index (κ3) is 4.09. The van der Waals surface area contributed by atoms with Gasteiger partial charge in [-0.25, -0.2) is 9.59 Å². The Hall–Kier alpha value is -2.82. The summed E-state index contributed by atoms with van der Waals surface area (Å²) in [7, 11) is 0. The lowest BCUT2D eigenvalue weighted by molar-refractivity contribution is 0.0696. The van der Waals surface area contributed by atoms with Crippen LogP contribution in [0.3, 0.4) is 0 Å². The van der Waals surface area contributed by atoms with Gasteiger partial charge in [0.15, 0.2) is 0 Å². The first-order valence-corrected chi connectivity index (χ1v) is 6.88. The molecular weight excluding hydrogens is 284 g/mol. The number of hydrogen-bond acceptors (Lipinski definition) is 4. The molecule has 5 heteroatoms. The quantitative estimate of drug-likeness (QED) is 0.654. The number of carboxylic acids is 1. The molecule has 0 atom stereocenters. The van der Waals surface area contributed by atoms with E-state index in [2.05, 4.69) is 0 Å². The molecule has 0 aliphatic rings. The van der Waals surface area contributed by atoms with Crippen molar-refractivity contribution in [3.05, 3.63) is 59.7 Å². The lowest BCUT2D eigenvalue weighted by Crippen LogP contribution is -2.09. The summed E-state index contributed by atoms with van der Waals surface area (Å²) in [5.41, 5.74) is 0.505. The second-order valence-corrected chi connectivity index (χ2v) is 4.60. The number of benzene rings is 2. The summed E-state index contributed by atoms with van der Waals surface area (Å²) in [6, 6.07) is 12.4. The molecule has 0 bridgehead atoms. The van der Waals surface area contributed by atoms with Crippen LogP contribution < -0.4 is 9.47 Å². The number of carbonyl (C=O) groups is 2. The van der Waals surface area contributed by atoms with Gasteiger partial charge in [0.1, 0.15) is 11.5 Å². The zero-order chi connectivity index (χ0) is 15.9. The van der Waals surface area contributed by atoms with Crippen LogP contribution in [0.5, 0.6) is 11.5 Å². The highest BCUT2D eigenvalue weighted by Crippen LogP contribution is 2.17. The molecule has 0 unspecified atom stereocenters. The predicted octanol–water partition coefficient (Wildman–Crippen LogP) is 3.39.